The number of amides is 1. The molecule has 1 aliphatic carbocycles. The molecule has 4 nitrogen and oxygen atoms in total. The van der Waals surface area contributed by atoms with Crippen molar-refractivity contribution in [2.75, 3.05) is 6.61 Å². The Kier molecular flexibility index (Phi) is 2.66. The van der Waals surface area contributed by atoms with Gasteiger partial charge in [-0.15, -0.1) is 0 Å². The maximum atomic E-state index is 12.8. The fraction of sp³-hybridized carbons (Fsp3) is 0.562. The van der Waals surface area contributed by atoms with Gasteiger partial charge in [0.25, 0.3) is 0 Å². The number of rotatable bonds is 2. The Morgan fingerprint density at radius 2 is 2.05 bits per heavy atom. The van der Waals surface area contributed by atoms with E-state index in [0.717, 1.165) is 25.9 Å². The molecule has 3 atom stereocenters. The number of nitrogens with zero attached hydrogens (tertiary/aromatic N) is 1. The van der Waals surface area contributed by atoms with Crippen molar-refractivity contribution in [3.8, 4) is 0 Å². The zero-order valence-electron chi connectivity index (χ0n) is 11.7. The first-order valence-electron chi connectivity index (χ1n) is 7.48. The lowest BCUT2D eigenvalue weighted by molar-refractivity contribution is -0.134. The molecule has 2 heterocycles. The van der Waals surface area contributed by atoms with Crippen LogP contribution in [0.1, 0.15) is 37.9 Å². The minimum atomic E-state index is -0.275. The van der Waals surface area contributed by atoms with E-state index in [9.17, 15) is 4.79 Å². The highest BCUT2D eigenvalue weighted by Crippen LogP contribution is 2.47. The molecular formula is C16H20N2O2. The molecule has 3 unspecified atom stereocenters. The molecular weight excluding hydrogens is 252 g/mol. The van der Waals surface area contributed by atoms with Gasteiger partial charge < -0.3 is 9.64 Å². The van der Waals surface area contributed by atoms with Crippen molar-refractivity contribution in [1.82, 2.24) is 10.2 Å². The fourth-order valence-corrected chi connectivity index (χ4v) is 3.55. The lowest BCUT2D eigenvalue weighted by Crippen LogP contribution is -2.44. The van der Waals surface area contributed by atoms with Crippen molar-refractivity contribution in [2.45, 2.75) is 50.0 Å². The Balaban J connectivity index is 1.70. The van der Waals surface area contributed by atoms with Gasteiger partial charge in [0, 0.05) is 6.61 Å². The maximum absolute atomic E-state index is 12.8. The number of hydrogen-bond donors (Lipinski definition) is 1. The molecule has 4 heteroatoms. The van der Waals surface area contributed by atoms with E-state index in [1.54, 1.807) is 0 Å². The van der Waals surface area contributed by atoms with E-state index in [1.165, 1.54) is 5.56 Å². The van der Waals surface area contributed by atoms with Gasteiger partial charge in [-0.3, -0.25) is 10.1 Å². The third-order valence-corrected chi connectivity index (χ3v) is 4.89. The molecule has 0 bridgehead atoms. The minimum Gasteiger partial charge on any atom is -0.376 e. The second-order valence-electron chi connectivity index (χ2n) is 6.18. The molecule has 2 aliphatic heterocycles. The standard InChI is InChI=1S/C16H20N2O2/c1-11-13(7-10-20-11)18-14(12-5-3-2-4-6-12)17-16(8-9-16)15(18)19/h2-6,11,13-14,17H,7-10H2,1H3. The zero-order valence-corrected chi connectivity index (χ0v) is 11.7. The molecule has 20 heavy (non-hydrogen) atoms. The van der Waals surface area contributed by atoms with Gasteiger partial charge in [-0.05, 0) is 31.7 Å². The summed E-state index contributed by atoms with van der Waals surface area (Å²) in [7, 11) is 0. The van der Waals surface area contributed by atoms with Crippen LogP contribution in [0.25, 0.3) is 0 Å². The summed E-state index contributed by atoms with van der Waals surface area (Å²) >= 11 is 0. The highest BCUT2D eigenvalue weighted by molar-refractivity contribution is 5.92. The van der Waals surface area contributed by atoms with E-state index < -0.39 is 0 Å². The second kappa shape index (κ2) is 4.30. The quantitative estimate of drug-likeness (QED) is 0.893. The predicted molar refractivity (Wildman–Crippen MR) is 74.9 cm³/mol. The number of nitrogens with one attached hydrogen (secondary N) is 1. The summed E-state index contributed by atoms with van der Waals surface area (Å²) in [6, 6.07) is 10.5. The summed E-state index contributed by atoms with van der Waals surface area (Å²) in [6.45, 7) is 2.83. The average molecular weight is 272 g/mol. The number of carbonyl (C=O) groups is 1. The van der Waals surface area contributed by atoms with Crippen molar-refractivity contribution in [2.24, 2.45) is 0 Å². The van der Waals surface area contributed by atoms with Crippen LogP contribution < -0.4 is 5.32 Å². The van der Waals surface area contributed by atoms with Crippen LogP contribution in [0.4, 0.5) is 0 Å². The van der Waals surface area contributed by atoms with Gasteiger partial charge in [0.1, 0.15) is 11.7 Å². The van der Waals surface area contributed by atoms with E-state index in [-0.39, 0.29) is 29.8 Å². The highest BCUT2D eigenvalue weighted by Gasteiger charge is 2.61. The molecule has 4 rings (SSSR count). The van der Waals surface area contributed by atoms with Gasteiger partial charge in [0.05, 0.1) is 12.1 Å². The predicted octanol–water partition coefficient (Wildman–Crippen LogP) is 1.83. The number of carbonyl (C=O) groups excluding carboxylic acids is 1. The Bertz CT molecular complexity index is 527. The van der Waals surface area contributed by atoms with Crippen LogP contribution in [0.5, 0.6) is 0 Å². The van der Waals surface area contributed by atoms with E-state index in [2.05, 4.69) is 29.3 Å². The van der Waals surface area contributed by atoms with Gasteiger partial charge in [0.15, 0.2) is 0 Å². The molecule has 0 aromatic heterocycles. The largest absolute Gasteiger partial charge is 0.376 e. The molecule has 2 saturated heterocycles. The number of hydrogen-bond acceptors (Lipinski definition) is 3. The van der Waals surface area contributed by atoms with Gasteiger partial charge in [0.2, 0.25) is 5.91 Å². The Morgan fingerprint density at radius 3 is 2.65 bits per heavy atom. The lowest BCUT2D eigenvalue weighted by Gasteiger charge is -2.32. The molecule has 1 aromatic rings. The van der Waals surface area contributed by atoms with Crippen molar-refractivity contribution in [1.29, 1.82) is 0 Å². The zero-order chi connectivity index (χ0) is 13.7. The summed E-state index contributed by atoms with van der Waals surface area (Å²) in [5, 5.41) is 3.58. The van der Waals surface area contributed by atoms with Gasteiger partial charge in [-0.1, -0.05) is 30.3 Å². The molecule has 1 saturated carbocycles. The third kappa shape index (κ3) is 1.71. The van der Waals surface area contributed by atoms with Gasteiger partial charge in [-0.25, -0.2) is 0 Å². The summed E-state index contributed by atoms with van der Waals surface area (Å²) in [6.07, 6.45) is 3.00. The Hall–Kier alpha value is -1.39. The van der Waals surface area contributed by atoms with Crippen LogP contribution in [-0.4, -0.2) is 35.1 Å². The Morgan fingerprint density at radius 1 is 1.30 bits per heavy atom. The van der Waals surface area contributed by atoms with Crippen molar-refractivity contribution in [3.05, 3.63) is 35.9 Å². The van der Waals surface area contributed by atoms with Crippen molar-refractivity contribution < 1.29 is 9.53 Å². The third-order valence-electron chi connectivity index (χ3n) is 4.89. The molecule has 3 fully saturated rings. The minimum absolute atomic E-state index is 0.000324. The van der Waals surface area contributed by atoms with Crippen LogP contribution in [0, 0.1) is 0 Å². The number of ether oxygens (including phenoxy) is 1. The molecule has 1 aromatic carbocycles. The van der Waals surface area contributed by atoms with Crippen LogP contribution in [-0.2, 0) is 9.53 Å². The topological polar surface area (TPSA) is 41.6 Å². The maximum Gasteiger partial charge on any atom is 0.244 e. The Labute approximate surface area is 119 Å². The van der Waals surface area contributed by atoms with Crippen molar-refractivity contribution in [3.63, 3.8) is 0 Å². The summed E-state index contributed by atoms with van der Waals surface area (Å²) < 4.78 is 5.68. The molecule has 3 aliphatic rings. The van der Waals surface area contributed by atoms with E-state index in [4.69, 9.17) is 4.74 Å². The van der Waals surface area contributed by atoms with Crippen LogP contribution in [0.2, 0.25) is 0 Å². The summed E-state index contributed by atoms with van der Waals surface area (Å²) in [4.78, 5) is 14.9. The summed E-state index contributed by atoms with van der Waals surface area (Å²) in [5.74, 6) is 0.272. The first kappa shape index (κ1) is 12.4. The van der Waals surface area contributed by atoms with Crippen LogP contribution in [0.15, 0.2) is 30.3 Å². The smallest absolute Gasteiger partial charge is 0.244 e. The monoisotopic (exact) mass is 272 g/mol. The highest BCUT2D eigenvalue weighted by atomic mass is 16.5. The molecule has 106 valence electrons. The molecule has 1 amide bonds. The van der Waals surface area contributed by atoms with Gasteiger partial charge >= 0.3 is 0 Å². The van der Waals surface area contributed by atoms with E-state index >= 15 is 0 Å². The molecule has 1 spiro atoms. The molecule has 0 radical (unpaired) electrons. The average Bonchev–Trinajstić information content (AvgIpc) is 3.06. The van der Waals surface area contributed by atoms with Crippen LogP contribution >= 0.6 is 0 Å². The van der Waals surface area contributed by atoms with Crippen LogP contribution in [0.3, 0.4) is 0 Å². The SMILES string of the molecule is CC1OCCC1N1C(=O)C2(CC2)NC1c1ccccc1. The van der Waals surface area contributed by atoms with Crippen molar-refractivity contribution >= 4 is 5.91 Å². The molecule has 1 N–H and O–H groups in total. The summed E-state index contributed by atoms with van der Waals surface area (Å²) in [5.41, 5.74) is 0.895. The first-order valence-corrected chi connectivity index (χ1v) is 7.48. The second-order valence-corrected chi connectivity index (χ2v) is 6.18. The normalized spacial score (nSPS) is 35.0. The van der Waals surface area contributed by atoms with Gasteiger partial charge in [-0.2, -0.15) is 0 Å². The first-order chi connectivity index (χ1) is 9.71. The lowest BCUT2D eigenvalue weighted by atomic mass is 10.1. The number of benzene rings is 1. The van der Waals surface area contributed by atoms with E-state index in [1.807, 2.05) is 18.2 Å². The fourth-order valence-electron chi connectivity index (χ4n) is 3.55. The van der Waals surface area contributed by atoms with E-state index in [0.29, 0.717) is 0 Å².